The molecule has 2 heterocycles. The molecule has 5 atom stereocenters. The summed E-state index contributed by atoms with van der Waals surface area (Å²) in [5.41, 5.74) is -0.906. The van der Waals surface area contributed by atoms with Gasteiger partial charge >= 0.3 is 5.63 Å². The smallest absolute Gasteiger partial charge is 0.336 e. The van der Waals surface area contributed by atoms with Gasteiger partial charge in [0.2, 0.25) is 12.0 Å². The average Bonchev–Trinajstić information content (AvgIpc) is 2.64. The van der Waals surface area contributed by atoms with Gasteiger partial charge in [0.05, 0.1) is 19.1 Å². The summed E-state index contributed by atoms with van der Waals surface area (Å²) in [6.07, 6.45) is -7.37. The van der Waals surface area contributed by atoms with Crippen molar-refractivity contribution in [2.24, 2.45) is 0 Å². The molecule has 5 N–H and O–H groups in total. The van der Waals surface area contributed by atoms with Gasteiger partial charge in [0.25, 0.3) is 0 Å². The zero-order valence-electron chi connectivity index (χ0n) is 13.6. The maximum Gasteiger partial charge on any atom is 0.336 e. The molecule has 1 saturated heterocycles. The van der Waals surface area contributed by atoms with E-state index >= 15 is 0 Å². The van der Waals surface area contributed by atoms with Gasteiger partial charge in [-0.15, -0.1) is 0 Å². The van der Waals surface area contributed by atoms with Crippen LogP contribution in [0.5, 0.6) is 17.2 Å². The van der Waals surface area contributed by atoms with Gasteiger partial charge in [-0.25, -0.2) is 4.79 Å². The van der Waals surface area contributed by atoms with Gasteiger partial charge in [-0.1, -0.05) is 0 Å². The van der Waals surface area contributed by atoms with E-state index in [-0.39, 0.29) is 22.5 Å². The molecule has 2 aromatic rings. The zero-order valence-corrected chi connectivity index (χ0v) is 13.6. The minimum Gasteiger partial charge on any atom is -0.502 e. The van der Waals surface area contributed by atoms with Gasteiger partial charge in [-0.2, -0.15) is 0 Å². The second kappa shape index (κ2) is 7.09. The van der Waals surface area contributed by atoms with E-state index in [0.29, 0.717) is 0 Å². The minimum atomic E-state index is -1.63. The van der Waals surface area contributed by atoms with E-state index in [9.17, 15) is 30.3 Å². The lowest BCUT2D eigenvalue weighted by Gasteiger charge is -2.39. The number of phenolic OH excluding ortho intramolecular Hbond substituents is 1. The van der Waals surface area contributed by atoms with Crippen LogP contribution >= 0.6 is 0 Å². The molecule has 0 bridgehead atoms. The third kappa shape index (κ3) is 3.08. The number of hydrogen-bond donors (Lipinski definition) is 5. The van der Waals surface area contributed by atoms with E-state index in [2.05, 4.69) is 0 Å². The summed E-state index contributed by atoms with van der Waals surface area (Å²) in [4.78, 5) is 11.4. The summed E-state index contributed by atoms with van der Waals surface area (Å²) < 4.78 is 20.8. The highest BCUT2D eigenvalue weighted by Gasteiger charge is 2.45. The molecular formula is C16H18O10. The minimum absolute atomic E-state index is 0.0164. The van der Waals surface area contributed by atoms with Crippen molar-refractivity contribution >= 4 is 11.0 Å². The van der Waals surface area contributed by atoms with E-state index in [1.54, 1.807) is 0 Å². The van der Waals surface area contributed by atoms with Crippen molar-refractivity contribution in [3.05, 3.63) is 28.6 Å². The molecule has 0 radical (unpaired) electrons. The summed E-state index contributed by atoms with van der Waals surface area (Å²) in [6.45, 7) is -0.612. The van der Waals surface area contributed by atoms with Gasteiger partial charge in [0, 0.05) is 12.1 Å². The summed E-state index contributed by atoms with van der Waals surface area (Å²) in [5.74, 6) is -0.462. The van der Waals surface area contributed by atoms with Crippen molar-refractivity contribution in [3.63, 3.8) is 0 Å². The Morgan fingerprint density at radius 2 is 1.85 bits per heavy atom. The quantitative estimate of drug-likeness (QED) is 0.409. The number of methoxy groups -OCH3 is 1. The van der Waals surface area contributed by atoms with Crippen molar-refractivity contribution in [1.29, 1.82) is 0 Å². The Hall–Kier alpha value is -2.37. The zero-order chi connectivity index (χ0) is 19.0. The number of aliphatic hydroxyl groups is 4. The molecule has 1 fully saturated rings. The predicted octanol–water partition coefficient (Wildman–Crippen LogP) is -1.31. The number of aromatic hydroxyl groups is 1. The van der Waals surface area contributed by atoms with E-state index in [1.165, 1.54) is 19.2 Å². The van der Waals surface area contributed by atoms with Crippen LogP contribution in [-0.2, 0) is 4.74 Å². The molecule has 10 nitrogen and oxygen atoms in total. The largest absolute Gasteiger partial charge is 0.502 e. The summed E-state index contributed by atoms with van der Waals surface area (Å²) >= 11 is 0. The molecule has 0 aliphatic carbocycles. The van der Waals surface area contributed by atoms with Gasteiger partial charge in [0.1, 0.15) is 30.2 Å². The predicted molar refractivity (Wildman–Crippen MR) is 85.1 cm³/mol. The maximum atomic E-state index is 11.4. The molecule has 1 aliphatic heterocycles. The molecule has 0 unspecified atom stereocenters. The van der Waals surface area contributed by atoms with Crippen LogP contribution in [0.2, 0.25) is 0 Å². The topological polar surface area (TPSA) is 159 Å². The van der Waals surface area contributed by atoms with Crippen LogP contribution in [0, 0.1) is 0 Å². The fourth-order valence-electron chi connectivity index (χ4n) is 2.71. The second-order valence-electron chi connectivity index (χ2n) is 5.74. The molecule has 1 aliphatic rings. The third-order valence-electron chi connectivity index (χ3n) is 4.12. The number of rotatable bonds is 4. The molecule has 0 amide bonds. The fourth-order valence-corrected chi connectivity index (χ4v) is 2.71. The van der Waals surface area contributed by atoms with Gasteiger partial charge in [0.15, 0.2) is 11.3 Å². The van der Waals surface area contributed by atoms with Gasteiger partial charge in [-0.05, 0) is 6.07 Å². The van der Waals surface area contributed by atoms with Crippen molar-refractivity contribution < 1.29 is 44.2 Å². The van der Waals surface area contributed by atoms with E-state index in [4.69, 9.17) is 18.6 Å². The Labute approximate surface area is 146 Å². The molecule has 142 valence electrons. The lowest BCUT2D eigenvalue weighted by atomic mass is 9.99. The summed E-state index contributed by atoms with van der Waals surface area (Å²) in [5, 5.41) is 49.3. The number of hydrogen-bond acceptors (Lipinski definition) is 10. The first-order valence-corrected chi connectivity index (χ1v) is 7.68. The van der Waals surface area contributed by atoms with Crippen LogP contribution in [0.25, 0.3) is 11.0 Å². The van der Waals surface area contributed by atoms with Crippen molar-refractivity contribution in [2.75, 3.05) is 13.7 Å². The Morgan fingerprint density at radius 1 is 1.12 bits per heavy atom. The highest BCUT2D eigenvalue weighted by Crippen LogP contribution is 2.41. The molecule has 1 aromatic heterocycles. The number of aliphatic hydroxyl groups excluding tert-OH is 4. The molecule has 0 spiro atoms. The number of ether oxygens (including phenoxy) is 3. The van der Waals surface area contributed by atoms with Crippen molar-refractivity contribution in [1.82, 2.24) is 0 Å². The lowest BCUT2D eigenvalue weighted by molar-refractivity contribution is -0.277. The first-order valence-electron chi connectivity index (χ1n) is 7.68. The van der Waals surface area contributed by atoms with E-state index in [1.807, 2.05) is 0 Å². The van der Waals surface area contributed by atoms with Gasteiger partial charge < -0.3 is 44.2 Å². The molecular weight excluding hydrogens is 352 g/mol. The van der Waals surface area contributed by atoms with Crippen LogP contribution in [0.4, 0.5) is 0 Å². The molecule has 0 saturated carbocycles. The number of benzene rings is 1. The Bertz CT molecular complexity index is 845. The monoisotopic (exact) mass is 370 g/mol. The molecule has 26 heavy (non-hydrogen) atoms. The SMILES string of the molecule is COc1cc(O[C@@H]2O[C@H](CO)[C@@H](O)[C@H](O)[C@H]2O)c2ccc(=O)oc2c1O. The third-order valence-corrected chi connectivity index (χ3v) is 4.12. The average molecular weight is 370 g/mol. The van der Waals surface area contributed by atoms with E-state index < -0.39 is 48.7 Å². The first kappa shape index (κ1) is 18.4. The highest BCUT2D eigenvalue weighted by molar-refractivity contribution is 5.90. The molecule has 10 heteroatoms. The van der Waals surface area contributed by atoms with Crippen LogP contribution in [0.1, 0.15) is 0 Å². The van der Waals surface area contributed by atoms with E-state index in [0.717, 1.165) is 6.07 Å². The van der Waals surface area contributed by atoms with Crippen molar-refractivity contribution in [2.45, 2.75) is 30.7 Å². The van der Waals surface area contributed by atoms with Crippen LogP contribution < -0.4 is 15.1 Å². The maximum absolute atomic E-state index is 11.4. The summed E-state index contributed by atoms with van der Waals surface area (Å²) in [6, 6.07) is 3.72. The molecule has 1 aromatic carbocycles. The number of phenols is 1. The summed E-state index contributed by atoms with van der Waals surface area (Å²) in [7, 11) is 1.28. The Kier molecular flexibility index (Phi) is 5.03. The second-order valence-corrected chi connectivity index (χ2v) is 5.74. The van der Waals surface area contributed by atoms with Crippen LogP contribution in [0.15, 0.2) is 27.4 Å². The molecule has 3 rings (SSSR count). The Balaban J connectivity index is 2.03. The lowest BCUT2D eigenvalue weighted by Crippen LogP contribution is -2.60. The highest BCUT2D eigenvalue weighted by atomic mass is 16.7. The van der Waals surface area contributed by atoms with Crippen molar-refractivity contribution in [3.8, 4) is 17.2 Å². The standard InChI is InChI=1S/C16H18O10/c1-23-8-4-7(6-2-3-10(18)26-15(6)12(8)20)24-16-14(22)13(21)11(19)9(5-17)25-16/h2-4,9,11,13-14,16-17,19-22H,5H2,1H3/t9-,11-,13+,14-,16-/m1/s1. The Morgan fingerprint density at radius 3 is 2.50 bits per heavy atom. The first-order chi connectivity index (χ1) is 12.4. The van der Waals surface area contributed by atoms with Crippen LogP contribution in [-0.4, -0.2) is 70.0 Å². The number of fused-ring (bicyclic) bond motifs is 1. The van der Waals surface area contributed by atoms with Crippen LogP contribution in [0.3, 0.4) is 0 Å². The fraction of sp³-hybridized carbons (Fsp3) is 0.438. The normalized spacial score (nSPS) is 28.9. The van der Waals surface area contributed by atoms with Gasteiger partial charge in [-0.3, -0.25) is 0 Å².